The van der Waals surface area contributed by atoms with Crippen LogP contribution >= 0.6 is 0 Å². The number of nitriles is 1. The molecule has 0 amide bonds. The smallest absolute Gasteiger partial charge is 0.161 e. The first-order chi connectivity index (χ1) is 9.71. The maximum Gasteiger partial charge on any atom is 0.161 e. The highest BCUT2D eigenvalue weighted by molar-refractivity contribution is 5.39. The van der Waals surface area contributed by atoms with Gasteiger partial charge in [-0.2, -0.15) is 5.26 Å². The van der Waals surface area contributed by atoms with Crippen molar-refractivity contribution in [2.24, 2.45) is 5.92 Å². The van der Waals surface area contributed by atoms with Gasteiger partial charge in [0, 0.05) is 13.1 Å². The minimum Gasteiger partial charge on any atom is -0.490 e. The fourth-order valence-corrected chi connectivity index (χ4v) is 1.94. The van der Waals surface area contributed by atoms with Gasteiger partial charge in [-0.1, -0.05) is 19.1 Å². The maximum atomic E-state index is 8.85. The first-order valence-corrected chi connectivity index (χ1v) is 7.17. The monoisotopic (exact) mass is 276 g/mol. The number of nitrogens with zero attached hydrogens (tertiary/aromatic N) is 2. The minimum atomic E-state index is 0.0469. The number of likely N-dealkylation sites (N-methyl/N-ethyl adjacent to an activating group) is 1. The van der Waals surface area contributed by atoms with Gasteiger partial charge in [0.05, 0.1) is 18.6 Å². The van der Waals surface area contributed by atoms with Gasteiger partial charge in [0.15, 0.2) is 11.5 Å². The van der Waals surface area contributed by atoms with E-state index in [1.807, 2.05) is 38.1 Å². The molecule has 0 N–H and O–H groups in total. The zero-order valence-electron chi connectivity index (χ0n) is 12.6. The van der Waals surface area contributed by atoms with Crippen LogP contribution in [0, 0.1) is 17.2 Å². The Morgan fingerprint density at radius 3 is 2.40 bits per heavy atom. The van der Waals surface area contributed by atoms with Crippen LogP contribution in [-0.4, -0.2) is 37.7 Å². The van der Waals surface area contributed by atoms with E-state index in [2.05, 4.69) is 17.9 Å². The Labute approximate surface area is 121 Å². The van der Waals surface area contributed by atoms with E-state index in [1.165, 1.54) is 0 Å². The van der Waals surface area contributed by atoms with Crippen molar-refractivity contribution in [3.8, 4) is 17.6 Å². The molecule has 0 fully saturated rings. The SMILES string of the molecule is CCOc1ccccc1OCCN(CC)CC(C)C#N. The molecule has 20 heavy (non-hydrogen) atoms. The Morgan fingerprint density at radius 2 is 1.85 bits per heavy atom. The third-order valence-corrected chi connectivity index (χ3v) is 3.01. The number of hydrogen-bond donors (Lipinski definition) is 0. The van der Waals surface area contributed by atoms with E-state index in [4.69, 9.17) is 14.7 Å². The second kappa shape index (κ2) is 9.22. The van der Waals surface area contributed by atoms with Gasteiger partial charge in [0.1, 0.15) is 6.61 Å². The van der Waals surface area contributed by atoms with Crippen molar-refractivity contribution in [1.29, 1.82) is 5.26 Å². The zero-order valence-corrected chi connectivity index (χ0v) is 12.6. The second-order valence-corrected chi connectivity index (χ2v) is 4.65. The van der Waals surface area contributed by atoms with E-state index >= 15 is 0 Å². The molecular formula is C16H24N2O2. The van der Waals surface area contributed by atoms with Crippen molar-refractivity contribution in [1.82, 2.24) is 4.90 Å². The zero-order chi connectivity index (χ0) is 14.8. The highest BCUT2D eigenvalue weighted by Crippen LogP contribution is 2.26. The third-order valence-electron chi connectivity index (χ3n) is 3.01. The molecule has 0 saturated carbocycles. The number of rotatable bonds is 9. The van der Waals surface area contributed by atoms with E-state index in [-0.39, 0.29) is 5.92 Å². The molecule has 0 bridgehead atoms. The van der Waals surface area contributed by atoms with E-state index in [1.54, 1.807) is 0 Å². The molecule has 1 unspecified atom stereocenters. The molecule has 1 atom stereocenters. The van der Waals surface area contributed by atoms with Crippen LogP contribution in [0.3, 0.4) is 0 Å². The van der Waals surface area contributed by atoms with E-state index in [0.717, 1.165) is 31.1 Å². The molecule has 0 aliphatic heterocycles. The van der Waals surface area contributed by atoms with Crippen molar-refractivity contribution in [3.05, 3.63) is 24.3 Å². The molecule has 0 spiro atoms. The summed E-state index contributed by atoms with van der Waals surface area (Å²) < 4.78 is 11.3. The van der Waals surface area contributed by atoms with Crippen LogP contribution < -0.4 is 9.47 Å². The van der Waals surface area contributed by atoms with Crippen LogP contribution in [0.5, 0.6) is 11.5 Å². The minimum absolute atomic E-state index is 0.0469. The van der Waals surface area contributed by atoms with Crippen LogP contribution in [-0.2, 0) is 0 Å². The van der Waals surface area contributed by atoms with E-state index in [0.29, 0.717) is 13.2 Å². The Kier molecular flexibility index (Phi) is 7.52. The van der Waals surface area contributed by atoms with Crippen LogP contribution in [0.25, 0.3) is 0 Å². The molecule has 4 nitrogen and oxygen atoms in total. The average Bonchev–Trinajstić information content (AvgIpc) is 2.48. The Bertz CT molecular complexity index is 429. The summed E-state index contributed by atoms with van der Waals surface area (Å²) in [5, 5.41) is 8.85. The predicted molar refractivity (Wildman–Crippen MR) is 80.0 cm³/mol. The Hall–Kier alpha value is -1.73. The van der Waals surface area contributed by atoms with Gasteiger partial charge >= 0.3 is 0 Å². The lowest BCUT2D eigenvalue weighted by atomic mass is 10.2. The summed E-state index contributed by atoms with van der Waals surface area (Å²) in [4.78, 5) is 2.22. The number of para-hydroxylation sites is 2. The normalized spacial score (nSPS) is 11.9. The van der Waals surface area contributed by atoms with Crippen LogP contribution in [0.15, 0.2) is 24.3 Å². The average molecular weight is 276 g/mol. The van der Waals surface area contributed by atoms with Gasteiger partial charge in [-0.05, 0) is 32.5 Å². The fraction of sp³-hybridized carbons (Fsp3) is 0.562. The van der Waals surface area contributed by atoms with Gasteiger partial charge in [-0.25, -0.2) is 0 Å². The van der Waals surface area contributed by atoms with Crippen LogP contribution in [0.1, 0.15) is 20.8 Å². The first kappa shape index (κ1) is 16.3. The van der Waals surface area contributed by atoms with Gasteiger partial charge in [0.25, 0.3) is 0 Å². The van der Waals surface area contributed by atoms with Crippen LogP contribution in [0.4, 0.5) is 0 Å². The fourth-order valence-electron chi connectivity index (χ4n) is 1.94. The van der Waals surface area contributed by atoms with Crippen molar-refractivity contribution in [3.63, 3.8) is 0 Å². The molecule has 0 heterocycles. The molecular weight excluding hydrogens is 252 g/mol. The summed E-state index contributed by atoms with van der Waals surface area (Å²) in [6, 6.07) is 9.96. The van der Waals surface area contributed by atoms with Crippen molar-refractivity contribution >= 4 is 0 Å². The molecule has 0 aliphatic carbocycles. The predicted octanol–water partition coefficient (Wildman–Crippen LogP) is 2.95. The summed E-state index contributed by atoms with van der Waals surface area (Å²) in [7, 11) is 0. The Balaban J connectivity index is 2.45. The number of benzene rings is 1. The van der Waals surface area contributed by atoms with Gasteiger partial charge in [-0.15, -0.1) is 0 Å². The molecule has 0 radical (unpaired) electrons. The largest absolute Gasteiger partial charge is 0.490 e. The summed E-state index contributed by atoms with van der Waals surface area (Å²) in [6.45, 7) is 9.72. The van der Waals surface area contributed by atoms with Gasteiger partial charge < -0.3 is 9.47 Å². The Morgan fingerprint density at radius 1 is 1.20 bits per heavy atom. The summed E-state index contributed by atoms with van der Waals surface area (Å²) in [5.41, 5.74) is 0. The van der Waals surface area contributed by atoms with Crippen molar-refractivity contribution < 1.29 is 9.47 Å². The highest BCUT2D eigenvalue weighted by Gasteiger charge is 2.09. The van der Waals surface area contributed by atoms with Crippen molar-refractivity contribution in [2.75, 3.05) is 32.8 Å². The maximum absolute atomic E-state index is 8.85. The van der Waals surface area contributed by atoms with Crippen LogP contribution in [0.2, 0.25) is 0 Å². The lowest BCUT2D eigenvalue weighted by Crippen LogP contribution is -2.32. The molecule has 4 heteroatoms. The molecule has 0 aliphatic rings. The summed E-state index contributed by atoms with van der Waals surface area (Å²) in [6.07, 6.45) is 0. The standard InChI is InChI=1S/C16H24N2O2/c1-4-18(13-14(3)12-17)10-11-20-16-9-7-6-8-15(16)19-5-2/h6-9,14H,4-5,10-11,13H2,1-3H3. The summed E-state index contributed by atoms with van der Waals surface area (Å²) in [5.74, 6) is 1.60. The molecule has 1 rings (SSSR count). The first-order valence-electron chi connectivity index (χ1n) is 7.17. The lowest BCUT2D eigenvalue weighted by molar-refractivity contribution is 0.200. The molecule has 1 aromatic rings. The summed E-state index contributed by atoms with van der Waals surface area (Å²) >= 11 is 0. The lowest BCUT2D eigenvalue weighted by Gasteiger charge is -2.21. The molecule has 1 aromatic carbocycles. The highest BCUT2D eigenvalue weighted by atomic mass is 16.5. The van der Waals surface area contributed by atoms with Crippen molar-refractivity contribution in [2.45, 2.75) is 20.8 Å². The van der Waals surface area contributed by atoms with Gasteiger partial charge in [0.2, 0.25) is 0 Å². The number of hydrogen-bond acceptors (Lipinski definition) is 4. The molecule has 0 saturated heterocycles. The topological polar surface area (TPSA) is 45.5 Å². The van der Waals surface area contributed by atoms with Gasteiger partial charge in [-0.3, -0.25) is 4.90 Å². The third kappa shape index (κ3) is 5.50. The second-order valence-electron chi connectivity index (χ2n) is 4.65. The molecule has 0 aromatic heterocycles. The van der Waals surface area contributed by atoms with E-state index in [9.17, 15) is 0 Å². The molecule has 110 valence electrons. The number of ether oxygens (including phenoxy) is 2. The van der Waals surface area contributed by atoms with E-state index < -0.39 is 0 Å². The quantitative estimate of drug-likeness (QED) is 0.695.